The van der Waals surface area contributed by atoms with Crippen LogP contribution in [0.1, 0.15) is 19.8 Å². The van der Waals surface area contributed by atoms with Crippen LogP contribution in [-0.4, -0.2) is 29.1 Å². The Labute approximate surface area is 111 Å². The van der Waals surface area contributed by atoms with E-state index in [9.17, 15) is 4.39 Å². The molecule has 0 spiro atoms. The van der Waals surface area contributed by atoms with E-state index in [-0.39, 0.29) is 11.9 Å². The van der Waals surface area contributed by atoms with E-state index in [1.807, 2.05) is 0 Å². The molecule has 1 aliphatic rings. The topological polar surface area (TPSA) is 57.9 Å². The van der Waals surface area contributed by atoms with Crippen molar-refractivity contribution in [1.82, 2.24) is 9.97 Å². The predicted molar refractivity (Wildman–Crippen MR) is 74.6 cm³/mol. The molecule has 1 aliphatic heterocycles. The second kappa shape index (κ2) is 4.81. The molecule has 2 atom stereocenters. The first-order valence-corrected chi connectivity index (χ1v) is 6.83. The summed E-state index contributed by atoms with van der Waals surface area (Å²) >= 11 is 0. The number of imidazole rings is 1. The number of hydrogen-bond acceptors (Lipinski definition) is 3. The van der Waals surface area contributed by atoms with Crippen molar-refractivity contribution < 1.29 is 4.39 Å². The van der Waals surface area contributed by atoms with Crippen molar-refractivity contribution in [2.75, 3.05) is 18.0 Å². The zero-order valence-corrected chi connectivity index (χ0v) is 11.1. The number of fused-ring (bicyclic) bond motifs is 1. The second-order valence-corrected chi connectivity index (χ2v) is 5.29. The van der Waals surface area contributed by atoms with Crippen LogP contribution in [0.5, 0.6) is 0 Å². The number of nitrogens with one attached hydrogen (secondary N) is 1. The van der Waals surface area contributed by atoms with Gasteiger partial charge in [0.2, 0.25) is 5.95 Å². The molecule has 1 fully saturated rings. The molecule has 3 N–H and O–H groups in total. The first-order chi connectivity index (χ1) is 9.17. The minimum Gasteiger partial charge on any atom is -0.342 e. The van der Waals surface area contributed by atoms with Crippen molar-refractivity contribution in [1.29, 1.82) is 0 Å². The Morgan fingerprint density at radius 3 is 3.16 bits per heavy atom. The lowest BCUT2D eigenvalue weighted by Gasteiger charge is -2.36. The summed E-state index contributed by atoms with van der Waals surface area (Å²) in [6.45, 7) is 3.99. The molecule has 0 radical (unpaired) electrons. The van der Waals surface area contributed by atoms with Gasteiger partial charge in [0.05, 0.1) is 11.0 Å². The number of nitrogens with two attached hydrogens (primary N) is 1. The molecule has 0 saturated carbocycles. The molecular formula is C14H19FN4. The van der Waals surface area contributed by atoms with E-state index in [0.29, 0.717) is 5.92 Å². The number of benzene rings is 1. The predicted octanol–water partition coefficient (Wildman–Crippen LogP) is 2.27. The maximum Gasteiger partial charge on any atom is 0.203 e. The van der Waals surface area contributed by atoms with Crippen LogP contribution in [0, 0.1) is 11.7 Å². The maximum atomic E-state index is 13.2. The fourth-order valence-corrected chi connectivity index (χ4v) is 2.79. The molecule has 5 heteroatoms. The van der Waals surface area contributed by atoms with Gasteiger partial charge in [-0.15, -0.1) is 0 Å². The van der Waals surface area contributed by atoms with Crippen LogP contribution in [0.2, 0.25) is 0 Å². The summed E-state index contributed by atoms with van der Waals surface area (Å²) in [6.07, 6.45) is 2.05. The molecule has 19 heavy (non-hydrogen) atoms. The van der Waals surface area contributed by atoms with E-state index in [0.717, 1.165) is 42.9 Å². The Morgan fingerprint density at radius 2 is 2.37 bits per heavy atom. The van der Waals surface area contributed by atoms with Gasteiger partial charge in [0, 0.05) is 19.1 Å². The number of rotatable bonds is 2. The van der Waals surface area contributed by atoms with Crippen LogP contribution in [-0.2, 0) is 0 Å². The van der Waals surface area contributed by atoms with Crippen LogP contribution >= 0.6 is 0 Å². The van der Waals surface area contributed by atoms with Gasteiger partial charge >= 0.3 is 0 Å². The van der Waals surface area contributed by atoms with Gasteiger partial charge < -0.3 is 15.6 Å². The molecule has 2 aromatic rings. The molecule has 0 bridgehead atoms. The summed E-state index contributed by atoms with van der Waals surface area (Å²) in [6, 6.07) is 4.91. The van der Waals surface area contributed by atoms with E-state index in [2.05, 4.69) is 21.8 Å². The minimum absolute atomic E-state index is 0.241. The first kappa shape index (κ1) is 12.4. The lowest BCUT2D eigenvalue weighted by molar-refractivity contribution is 0.346. The molecule has 1 saturated heterocycles. The van der Waals surface area contributed by atoms with Crippen LogP contribution in [0.4, 0.5) is 10.3 Å². The van der Waals surface area contributed by atoms with Crippen molar-refractivity contribution in [3.63, 3.8) is 0 Å². The molecule has 0 amide bonds. The second-order valence-electron chi connectivity index (χ2n) is 5.29. The van der Waals surface area contributed by atoms with E-state index in [1.165, 1.54) is 12.1 Å². The van der Waals surface area contributed by atoms with E-state index < -0.39 is 0 Å². The number of anilines is 1. The zero-order valence-electron chi connectivity index (χ0n) is 11.1. The third kappa shape index (κ3) is 2.30. The van der Waals surface area contributed by atoms with Crippen LogP contribution in [0.25, 0.3) is 11.0 Å². The van der Waals surface area contributed by atoms with E-state index in [4.69, 9.17) is 5.73 Å². The highest BCUT2D eigenvalue weighted by atomic mass is 19.1. The SMILES string of the molecule is CCC1CN(c2nc3ccc(F)cc3[nH]2)CCC1N. The monoisotopic (exact) mass is 262 g/mol. The number of piperidine rings is 1. The first-order valence-electron chi connectivity index (χ1n) is 6.83. The molecule has 1 aromatic heterocycles. The van der Waals surface area contributed by atoms with Crippen LogP contribution < -0.4 is 10.6 Å². The Kier molecular flexibility index (Phi) is 3.14. The van der Waals surface area contributed by atoms with Crippen LogP contribution in [0.3, 0.4) is 0 Å². The zero-order chi connectivity index (χ0) is 13.4. The third-order valence-corrected chi connectivity index (χ3v) is 4.05. The van der Waals surface area contributed by atoms with Crippen molar-refractivity contribution in [2.45, 2.75) is 25.8 Å². The lowest BCUT2D eigenvalue weighted by atomic mass is 9.91. The molecule has 3 rings (SSSR count). The fourth-order valence-electron chi connectivity index (χ4n) is 2.79. The quantitative estimate of drug-likeness (QED) is 0.873. The van der Waals surface area contributed by atoms with Gasteiger partial charge in [0.15, 0.2) is 0 Å². The largest absolute Gasteiger partial charge is 0.342 e. The average molecular weight is 262 g/mol. The smallest absolute Gasteiger partial charge is 0.203 e. The maximum absolute atomic E-state index is 13.2. The van der Waals surface area contributed by atoms with Crippen LogP contribution in [0.15, 0.2) is 18.2 Å². The van der Waals surface area contributed by atoms with Crippen molar-refractivity contribution in [3.05, 3.63) is 24.0 Å². The molecule has 0 aliphatic carbocycles. The van der Waals surface area contributed by atoms with Gasteiger partial charge in [-0.3, -0.25) is 0 Å². The Bertz CT molecular complexity index is 580. The molecule has 1 aromatic carbocycles. The fraction of sp³-hybridized carbons (Fsp3) is 0.500. The third-order valence-electron chi connectivity index (χ3n) is 4.05. The number of aromatic nitrogens is 2. The van der Waals surface area contributed by atoms with Gasteiger partial charge in [-0.1, -0.05) is 13.3 Å². The summed E-state index contributed by atoms with van der Waals surface area (Å²) in [5.74, 6) is 1.08. The van der Waals surface area contributed by atoms with Gasteiger partial charge in [0.25, 0.3) is 0 Å². The summed E-state index contributed by atoms with van der Waals surface area (Å²) < 4.78 is 13.2. The molecule has 2 unspecified atom stereocenters. The Morgan fingerprint density at radius 1 is 1.53 bits per heavy atom. The molecule has 102 valence electrons. The van der Waals surface area contributed by atoms with Gasteiger partial charge in [-0.25, -0.2) is 9.37 Å². The normalized spacial score (nSPS) is 24.1. The van der Waals surface area contributed by atoms with E-state index in [1.54, 1.807) is 6.07 Å². The summed E-state index contributed by atoms with van der Waals surface area (Å²) in [4.78, 5) is 9.95. The lowest BCUT2D eigenvalue weighted by Crippen LogP contribution is -2.47. The number of nitrogens with zero attached hydrogens (tertiary/aromatic N) is 2. The Hall–Kier alpha value is -1.62. The molecule has 2 heterocycles. The highest BCUT2D eigenvalue weighted by Gasteiger charge is 2.26. The van der Waals surface area contributed by atoms with Gasteiger partial charge in [-0.05, 0) is 30.5 Å². The highest BCUT2D eigenvalue weighted by molar-refractivity contribution is 5.77. The Balaban J connectivity index is 1.87. The number of hydrogen-bond donors (Lipinski definition) is 2. The van der Waals surface area contributed by atoms with Crippen molar-refractivity contribution >= 4 is 17.0 Å². The molecule has 4 nitrogen and oxygen atoms in total. The van der Waals surface area contributed by atoms with Crippen molar-refractivity contribution in [3.8, 4) is 0 Å². The molecular weight excluding hydrogens is 243 g/mol. The van der Waals surface area contributed by atoms with Gasteiger partial charge in [0.1, 0.15) is 5.82 Å². The number of H-pyrrole nitrogens is 1. The van der Waals surface area contributed by atoms with Gasteiger partial charge in [-0.2, -0.15) is 0 Å². The minimum atomic E-state index is -0.241. The summed E-state index contributed by atoms with van der Waals surface area (Å²) in [5.41, 5.74) is 7.67. The average Bonchev–Trinajstić information content (AvgIpc) is 2.82. The van der Waals surface area contributed by atoms with Crippen molar-refractivity contribution in [2.24, 2.45) is 11.7 Å². The highest BCUT2D eigenvalue weighted by Crippen LogP contribution is 2.24. The number of aromatic amines is 1. The van der Waals surface area contributed by atoms with E-state index >= 15 is 0 Å². The number of halogens is 1. The standard InChI is InChI=1S/C14H19FN4/c1-2-9-8-19(6-5-11(9)16)14-17-12-4-3-10(15)7-13(12)18-14/h3-4,7,9,11H,2,5-6,8,16H2,1H3,(H,17,18). The summed E-state index contributed by atoms with van der Waals surface area (Å²) in [7, 11) is 0. The summed E-state index contributed by atoms with van der Waals surface area (Å²) in [5, 5.41) is 0.